The zero-order chi connectivity index (χ0) is 13.4. The SMILES string of the molecule is CN(C)c1nn(C(=O)NS(=O)(=O)Cl)c(=O)n1C. The molecule has 0 fully saturated rings. The number of amides is 1. The molecule has 0 aromatic carbocycles. The van der Waals surface area contributed by atoms with E-state index in [0.29, 0.717) is 4.68 Å². The van der Waals surface area contributed by atoms with E-state index in [-0.39, 0.29) is 5.95 Å². The highest BCUT2D eigenvalue weighted by Gasteiger charge is 2.20. The molecule has 11 heteroatoms. The van der Waals surface area contributed by atoms with Crippen LogP contribution in [0.15, 0.2) is 4.79 Å². The van der Waals surface area contributed by atoms with E-state index < -0.39 is 21.0 Å². The van der Waals surface area contributed by atoms with Crippen molar-refractivity contribution in [1.82, 2.24) is 19.1 Å². The predicted octanol–water partition coefficient (Wildman–Crippen LogP) is -1.31. The summed E-state index contributed by atoms with van der Waals surface area (Å²) < 4.78 is 24.1. The zero-order valence-electron chi connectivity index (χ0n) is 9.21. The summed E-state index contributed by atoms with van der Waals surface area (Å²) in [6.07, 6.45) is 0. The molecule has 0 radical (unpaired) electrons. The Labute approximate surface area is 101 Å². The van der Waals surface area contributed by atoms with Crippen molar-refractivity contribution < 1.29 is 13.2 Å². The van der Waals surface area contributed by atoms with Gasteiger partial charge in [0, 0.05) is 31.8 Å². The van der Waals surface area contributed by atoms with Gasteiger partial charge in [0.05, 0.1) is 0 Å². The third-order valence-electron chi connectivity index (χ3n) is 1.76. The molecule has 1 amide bonds. The highest BCUT2D eigenvalue weighted by atomic mass is 35.7. The smallest absolute Gasteiger partial charge is 0.347 e. The van der Waals surface area contributed by atoms with Gasteiger partial charge in [0.2, 0.25) is 5.95 Å². The largest absolute Gasteiger partial charge is 0.361 e. The fourth-order valence-electron chi connectivity index (χ4n) is 1.10. The molecule has 0 bridgehead atoms. The maximum Gasteiger partial charge on any atom is 0.361 e. The van der Waals surface area contributed by atoms with E-state index in [2.05, 4.69) is 5.10 Å². The fraction of sp³-hybridized carbons (Fsp3) is 0.500. The van der Waals surface area contributed by atoms with Crippen molar-refractivity contribution in [2.24, 2.45) is 7.05 Å². The second kappa shape index (κ2) is 4.37. The molecule has 0 unspecified atom stereocenters. The highest BCUT2D eigenvalue weighted by Crippen LogP contribution is 2.01. The van der Waals surface area contributed by atoms with Crippen LogP contribution in [-0.2, 0) is 16.3 Å². The molecule has 0 aliphatic carbocycles. The molecule has 1 N–H and O–H groups in total. The van der Waals surface area contributed by atoms with Gasteiger partial charge in [0.1, 0.15) is 0 Å². The summed E-state index contributed by atoms with van der Waals surface area (Å²) in [5.74, 6) is 0.192. The Bertz CT molecular complexity index is 600. The molecular weight excluding hydrogens is 274 g/mol. The summed E-state index contributed by atoms with van der Waals surface area (Å²) in [6.45, 7) is 0. The van der Waals surface area contributed by atoms with Crippen LogP contribution in [0.3, 0.4) is 0 Å². The first-order chi connectivity index (χ1) is 7.63. The normalized spacial score (nSPS) is 11.3. The minimum atomic E-state index is -4.26. The Hall–Kier alpha value is -1.55. The molecule has 0 atom stereocenters. The van der Waals surface area contributed by atoms with Crippen molar-refractivity contribution in [2.75, 3.05) is 19.0 Å². The average Bonchev–Trinajstić information content (AvgIpc) is 2.41. The van der Waals surface area contributed by atoms with E-state index >= 15 is 0 Å². The van der Waals surface area contributed by atoms with Crippen molar-refractivity contribution in [1.29, 1.82) is 0 Å². The predicted molar refractivity (Wildman–Crippen MR) is 60.5 cm³/mol. The lowest BCUT2D eigenvalue weighted by Gasteiger charge is -2.08. The van der Waals surface area contributed by atoms with Crippen LogP contribution in [0.4, 0.5) is 10.7 Å². The number of hydrogen-bond acceptors (Lipinski definition) is 6. The third-order valence-corrected chi connectivity index (χ3v) is 2.41. The molecule has 96 valence electrons. The van der Waals surface area contributed by atoms with Crippen LogP contribution >= 0.6 is 10.7 Å². The van der Waals surface area contributed by atoms with Crippen molar-refractivity contribution in [2.45, 2.75) is 0 Å². The molecule has 0 spiro atoms. The van der Waals surface area contributed by atoms with Gasteiger partial charge in [-0.3, -0.25) is 4.57 Å². The molecule has 0 saturated carbocycles. The molecule has 1 heterocycles. The molecule has 0 saturated heterocycles. The maximum atomic E-state index is 11.6. The van der Waals surface area contributed by atoms with Crippen LogP contribution in [0.1, 0.15) is 0 Å². The summed E-state index contributed by atoms with van der Waals surface area (Å²) in [4.78, 5) is 24.4. The van der Waals surface area contributed by atoms with Crippen molar-refractivity contribution in [3.63, 3.8) is 0 Å². The van der Waals surface area contributed by atoms with Gasteiger partial charge in [0.15, 0.2) is 0 Å². The Morgan fingerprint density at radius 2 is 2.00 bits per heavy atom. The summed E-state index contributed by atoms with van der Waals surface area (Å²) in [6, 6.07) is -1.24. The van der Waals surface area contributed by atoms with Gasteiger partial charge in [-0.05, 0) is 0 Å². The van der Waals surface area contributed by atoms with E-state index in [0.717, 1.165) is 4.57 Å². The summed E-state index contributed by atoms with van der Waals surface area (Å²) in [5.41, 5.74) is -0.786. The molecule has 17 heavy (non-hydrogen) atoms. The molecule has 1 aromatic rings. The Morgan fingerprint density at radius 1 is 1.47 bits per heavy atom. The molecule has 0 aliphatic heterocycles. The zero-order valence-corrected chi connectivity index (χ0v) is 10.8. The Morgan fingerprint density at radius 3 is 2.35 bits per heavy atom. The van der Waals surface area contributed by atoms with E-state index in [1.165, 1.54) is 16.7 Å². The van der Waals surface area contributed by atoms with E-state index in [4.69, 9.17) is 10.7 Å². The summed E-state index contributed by atoms with van der Waals surface area (Å²) in [7, 11) is 5.18. The fourth-order valence-corrected chi connectivity index (χ4v) is 1.59. The number of anilines is 1. The van der Waals surface area contributed by atoms with Crippen LogP contribution in [0.5, 0.6) is 0 Å². The first-order valence-corrected chi connectivity index (χ1v) is 6.54. The topological polar surface area (TPSA) is 106 Å². The standard InChI is InChI=1S/C6H10ClN5O4S/c1-10(2)4-8-12(6(14)11(4)3)5(13)9-17(7,15)16/h1-3H3,(H,9,13). The second-order valence-corrected chi connectivity index (χ2v) is 5.59. The molecule has 0 aliphatic rings. The lowest BCUT2D eigenvalue weighted by atomic mass is 10.8. The lowest BCUT2D eigenvalue weighted by Crippen LogP contribution is -2.38. The van der Waals surface area contributed by atoms with Gasteiger partial charge in [-0.2, -0.15) is 8.42 Å². The van der Waals surface area contributed by atoms with E-state index in [1.54, 1.807) is 14.1 Å². The van der Waals surface area contributed by atoms with Crippen LogP contribution in [-0.4, -0.2) is 42.9 Å². The van der Waals surface area contributed by atoms with Crippen LogP contribution < -0.4 is 15.3 Å². The number of hydrogen-bond donors (Lipinski definition) is 1. The van der Waals surface area contributed by atoms with Crippen molar-refractivity contribution >= 4 is 31.9 Å². The number of nitrogens with zero attached hydrogens (tertiary/aromatic N) is 4. The monoisotopic (exact) mass is 283 g/mol. The quantitative estimate of drug-likeness (QED) is 0.676. The molecular formula is C6H10ClN5O4S. The van der Waals surface area contributed by atoms with Gasteiger partial charge in [0.25, 0.3) is 0 Å². The Balaban J connectivity index is 3.21. The molecule has 9 nitrogen and oxygen atoms in total. The molecule has 1 aromatic heterocycles. The van der Waals surface area contributed by atoms with Gasteiger partial charge in [-0.15, -0.1) is 9.78 Å². The second-order valence-electron chi connectivity index (χ2n) is 3.29. The van der Waals surface area contributed by atoms with Crippen LogP contribution in [0, 0.1) is 0 Å². The number of nitrogens with one attached hydrogen (secondary N) is 1. The number of carbonyl (C=O) groups excluding carboxylic acids is 1. The van der Waals surface area contributed by atoms with Crippen LogP contribution in [0.25, 0.3) is 0 Å². The van der Waals surface area contributed by atoms with Gasteiger partial charge >= 0.3 is 21.0 Å². The van der Waals surface area contributed by atoms with E-state index in [9.17, 15) is 18.0 Å². The number of carbonyl (C=O) groups is 1. The minimum Gasteiger partial charge on any atom is -0.347 e. The van der Waals surface area contributed by atoms with E-state index in [1.807, 2.05) is 0 Å². The number of halogens is 1. The highest BCUT2D eigenvalue weighted by molar-refractivity contribution is 8.12. The lowest BCUT2D eigenvalue weighted by molar-refractivity contribution is 0.243. The van der Waals surface area contributed by atoms with Crippen LogP contribution in [0.2, 0.25) is 0 Å². The van der Waals surface area contributed by atoms with Gasteiger partial charge in [-0.1, -0.05) is 0 Å². The first kappa shape index (κ1) is 13.5. The Kier molecular flexibility index (Phi) is 3.48. The average molecular weight is 284 g/mol. The van der Waals surface area contributed by atoms with Crippen molar-refractivity contribution in [3.8, 4) is 0 Å². The minimum absolute atomic E-state index is 0.192. The maximum absolute atomic E-state index is 11.6. The van der Waals surface area contributed by atoms with Gasteiger partial charge in [-0.25, -0.2) is 14.3 Å². The molecule has 1 rings (SSSR count). The number of rotatable bonds is 2. The third kappa shape index (κ3) is 2.97. The van der Waals surface area contributed by atoms with Crippen molar-refractivity contribution in [3.05, 3.63) is 10.5 Å². The summed E-state index contributed by atoms with van der Waals surface area (Å²) >= 11 is 0. The number of aromatic nitrogens is 3. The first-order valence-electron chi connectivity index (χ1n) is 4.23. The van der Waals surface area contributed by atoms with Gasteiger partial charge < -0.3 is 4.90 Å². The summed E-state index contributed by atoms with van der Waals surface area (Å²) in [5, 5.41) is 3.65.